The van der Waals surface area contributed by atoms with Gasteiger partial charge in [0.25, 0.3) is 11.8 Å². The van der Waals surface area contributed by atoms with Gasteiger partial charge in [0.15, 0.2) is 0 Å². The molecule has 0 aliphatic rings. The van der Waals surface area contributed by atoms with Crippen LogP contribution in [0.3, 0.4) is 0 Å². The van der Waals surface area contributed by atoms with Crippen LogP contribution < -0.4 is 10.6 Å². The smallest absolute Gasteiger partial charge is 0.358 e. The van der Waals surface area contributed by atoms with Gasteiger partial charge in [0.05, 0.1) is 46.3 Å². The summed E-state index contributed by atoms with van der Waals surface area (Å²) in [5, 5.41) is 28.5. The molecule has 3 rings (SSSR count). The molecule has 1 unspecified atom stereocenters. The molecule has 0 bridgehead atoms. The molecule has 164 valence electrons. The van der Waals surface area contributed by atoms with Gasteiger partial charge in [-0.05, 0) is 32.6 Å². The highest BCUT2D eigenvalue weighted by Crippen LogP contribution is 2.22. The Kier molecular flexibility index (Phi) is 5.86. The van der Waals surface area contributed by atoms with Gasteiger partial charge in [-0.3, -0.25) is 19.0 Å². The lowest BCUT2D eigenvalue weighted by Crippen LogP contribution is -2.27. The molecule has 0 aliphatic carbocycles. The fourth-order valence-electron chi connectivity index (χ4n) is 3.06. The molecule has 2 amide bonds. The normalized spacial score (nSPS) is 11.9. The van der Waals surface area contributed by atoms with Gasteiger partial charge in [-0.1, -0.05) is 0 Å². The second-order valence-electron chi connectivity index (χ2n) is 6.95. The van der Waals surface area contributed by atoms with Crippen LogP contribution in [-0.2, 0) is 18.4 Å². The first-order valence-electron chi connectivity index (χ1n) is 9.51. The number of rotatable bonds is 7. The maximum absolute atomic E-state index is 12.9. The predicted molar refractivity (Wildman–Crippen MR) is 111 cm³/mol. The minimum Gasteiger partial charge on any atom is -0.358 e. The maximum atomic E-state index is 12.9. The molecule has 0 fully saturated rings. The van der Waals surface area contributed by atoms with Crippen LogP contribution in [0.2, 0.25) is 0 Å². The topological polar surface area (TPSA) is 155 Å². The number of carbonyl (C=O) groups is 2. The van der Waals surface area contributed by atoms with Gasteiger partial charge in [-0.2, -0.15) is 14.9 Å². The van der Waals surface area contributed by atoms with Crippen LogP contribution in [0.4, 0.5) is 17.2 Å². The molecule has 13 nitrogen and oxygen atoms in total. The van der Waals surface area contributed by atoms with Crippen molar-refractivity contribution in [2.24, 2.45) is 7.05 Å². The Labute approximate surface area is 177 Å². The first-order chi connectivity index (χ1) is 14.6. The van der Waals surface area contributed by atoms with E-state index in [0.717, 1.165) is 5.69 Å². The Morgan fingerprint density at radius 1 is 1.19 bits per heavy atom. The van der Waals surface area contributed by atoms with Crippen LogP contribution in [-0.4, -0.2) is 46.1 Å². The van der Waals surface area contributed by atoms with Crippen molar-refractivity contribution in [2.75, 3.05) is 10.6 Å². The van der Waals surface area contributed by atoms with Gasteiger partial charge in [0.2, 0.25) is 0 Å². The van der Waals surface area contributed by atoms with E-state index in [1.165, 1.54) is 27.8 Å². The molecule has 0 saturated heterocycles. The Bertz CT molecular complexity index is 1160. The zero-order valence-electron chi connectivity index (χ0n) is 17.8. The molecule has 31 heavy (non-hydrogen) atoms. The minimum absolute atomic E-state index is 0.175. The number of aryl methyl sites for hydroxylation is 3. The second kappa shape index (κ2) is 8.38. The fraction of sp³-hybridized carbons (Fsp3) is 0.389. The van der Waals surface area contributed by atoms with Gasteiger partial charge in [0, 0.05) is 13.6 Å². The van der Waals surface area contributed by atoms with Gasteiger partial charge in [0.1, 0.15) is 11.7 Å². The molecular formula is C18H23N9O4. The summed E-state index contributed by atoms with van der Waals surface area (Å²) in [7, 11) is 1.76. The Morgan fingerprint density at radius 2 is 1.87 bits per heavy atom. The Hall–Kier alpha value is -4.03. The lowest BCUT2D eigenvalue weighted by atomic mass is 10.2. The van der Waals surface area contributed by atoms with E-state index in [1.807, 2.05) is 13.8 Å². The van der Waals surface area contributed by atoms with Crippen molar-refractivity contribution in [1.82, 2.24) is 29.3 Å². The van der Waals surface area contributed by atoms with E-state index in [4.69, 9.17) is 0 Å². The summed E-state index contributed by atoms with van der Waals surface area (Å²) < 4.78 is 4.35. The highest BCUT2D eigenvalue weighted by atomic mass is 16.6. The van der Waals surface area contributed by atoms with Crippen molar-refractivity contribution in [1.29, 1.82) is 0 Å². The van der Waals surface area contributed by atoms with Crippen molar-refractivity contribution >= 4 is 29.0 Å². The molecule has 2 N–H and O–H groups in total. The third-order valence-electron chi connectivity index (χ3n) is 4.94. The number of nitrogens with zero attached hydrogens (tertiary/aromatic N) is 7. The van der Waals surface area contributed by atoms with E-state index >= 15 is 0 Å². The summed E-state index contributed by atoms with van der Waals surface area (Å²) in [6, 6.07) is 0.434. The monoisotopic (exact) mass is 429 g/mol. The molecule has 0 aromatic carbocycles. The van der Waals surface area contributed by atoms with Crippen LogP contribution in [0.15, 0.2) is 18.5 Å². The minimum atomic E-state index is -0.852. The van der Waals surface area contributed by atoms with Gasteiger partial charge in [-0.15, -0.1) is 0 Å². The average molecular weight is 429 g/mol. The van der Waals surface area contributed by atoms with E-state index in [0.29, 0.717) is 17.9 Å². The second-order valence-corrected chi connectivity index (χ2v) is 6.95. The summed E-state index contributed by atoms with van der Waals surface area (Å²) in [5.74, 6) is -1.30. The fourth-order valence-corrected chi connectivity index (χ4v) is 3.06. The van der Waals surface area contributed by atoms with Crippen molar-refractivity contribution in [3.63, 3.8) is 0 Å². The number of amides is 2. The summed E-state index contributed by atoms with van der Waals surface area (Å²) in [6.45, 7) is 7.22. The molecule has 3 heterocycles. The summed E-state index contributed by atoms with van der Waals surface area (Å²) >= 11 is 0. The van der Waals surface area contributed by atoms with E-state index in [2.05, 4.69) is 25.9 Å². The number of hydrogen-bond acceptors (Lipinski definition) is 7. The lowest BCUT2D eigenvalue weighted by Gasteiger charge is -2.13. The first kappa shape index (κ1) is 21.7. The molecule has 13 heteroatoms. The number of anilines is 2. The third kappa shape index (κ3) is 4.15. The Morgan fingerprint density at radius 3 is 2.42 bits per heavy atom. The number of hydrogen-bond donors (Lipinski definition) is 2. The highest BCUT2D eigenvalue weighted by Gasteiger charge is 2.27. The largest absolute Gasteiger partial charge is 0.390 e. The standard InChI is InChI=1S/C18H23N9O4/c1-6-25-16(18(29)21-13-8-19-24(5)11(13)3)14(9-20-25)22-17(28)12(4)26-10(2)7-15(23-26)27(30)31/h7-9,12H,6H2,1-5H3,(H,21,29)(H,22,28). The van der Waals surface area contributed by atoms with Crippen molar-refractivity contribution in [3.05, 3.63) is 45.7 Å². The number of aromatic nitrogens is 6. The Balaban J connectivity index is 1.84. The first-order valence-corrected chi connectivity index (χ1v) is 9.51. The van der Waals surface area contributed by atoms with E-state index < -0.39 is 22.8 Å². The van der Waals surface area contributed by atoms with Crippen molar-refractivity contribution < 1.29 is 14.5 Å². The van der Waals surface area contributed by atoms with Crippen LogP contribution >= 0.6 is 0 Å². The number of carbonyl (C=O) groups excluding carboxylic acids is 2. The van der Waals surface area contributed by atoms with Gasteiger partial charge < -0.3 is 20.7 Å². The molecule has 3 aromatic rings. The number of nitrogens with one attached hydrogen (secondary N) is 2. The molecule has 3 aromatic heterocycles. The number of nitro groups is 1. The quantitative estimate of drug-likeness (QED) is 0.428. The average Bonchev–Trinajstić information content (AvgIpc) is 3.40. The van der Waals surface area contributed by atoms with Crippen LogP contribution in [0.1, 0.15) is 41.8 Å². The lowest BCUT2D eigenvalue weighted by molar-refractivity contribution is -0.389. The summed E-state index contributed by atoms with van der Waals surface area (Å²) in [4.78, 5) is 36.1. The van der Waals surface area contributed by atoms with E-state index in [-0.39, 0.29) is 17.2 Å². The molecule has 1 atom stereocenters. The molecular weight excluding hydrogens is 406 g/mol. The molecule has 0 saturated carbocycles. The zero-order chi connectivity index (χ0) is 22.9. The van der Waals surface area contributed by atoms with E-state index in [9.17, 15) is 19.7 Å². The van der Waals surface area contributed by atoms with Crippen LogP contribution in [0.25, 0.3) is 0 Å². The predicted octanol–water partition coefficient (Wildman–Crippen LogP) is 1.81. The van der Waals surface area contributed by atoms with Crippen molar-refractivity contribution in [2.45, 2.75) is 40.3 Å². The zero-order valence-corrected chi connectivity index (χ0v) is 17.8. The summed E-state index contributed by atoms with van der Waals surface area (Å²) in [5.41, 5.74) is 2.17. The van der Waals surface area contributed by atoms with Gasteiger partial charge >= 0.3 is 5.82 Å². The molecule has 0 spiro atoms. The third-order valence-corrected chi connectivity index (χ3v) is 4.94. The molecule has 0 radical (unpaired) electrons. The SMILES string of the molecule is CCn1ncc(NC(=O)C(C)n2nc([N+](=O)[O-])cc2C)c1C(=O)Nc1cnn(C)c1C. The van der Waals surface area contributed by atoms with Crippen molar-refractivity contribution in [3.8, 4) is 0 Å². The highest BCUT2D eigenvalue weighted by molar-refractivity contribution is 6.09. The summed E-state index contributed by atoms with van der Waals surface area (Å²) in [6.07, 6.45) is 2.92. The van der Waals surface area contributed by atoms with E-state index in [1.54, 1.807) is 25.6 Å². The van der Waals surface area contributed by atoms with Crippen LogP contribution in [0.5, 0.6) is 0 Å². The van der Waals surface area contributed by atoms with Crippen LogP contribution in [0, 0.1) is 24.0 Å². The molecule has 0 aliphatic heterocycles. The van der Waals surface area contributed by atoms with Gasteiger partial charge in [-0.25, -0.2) is 0 Å². The maximum Gasteiger partial charge on any atom is 0.390 e.